The van der Waals surface area contributed by atoms with Crippen LogP contribution in [0.1, 0.15) is 2.85 Å². The summed E-state index contributed by atoms with van der Waals surface area (Å²) in [6, 6.07) is 0. The van der Waals surface area contributed by atoms with E-state index in [9.17, 15) is 0 Å². The van der Waals surface area contributed by atoms with E-state index >= 15 is 0 Å². The molecule has 0 aromatic rings. The van der Waals surface area contributed by atoms with Gasteiger partial charge < -0.3 is 24.8 Å². The normalized spacial score (nSPS) is 9.00. The topological polar surface area (TPSA) is 0 Å². The molecule has 0 atom stereocenters. The zero-order chi connectivity index (χ0) is 3.54. The average Bonchev–Trinajstić information content (AvgIpc) is 1.76. The van der Waals surface area contributed by atoms with Crippen molar-refractivity contribution in [3.63, 3.8) is 0 Å². The second-order valence-electron chi connectivity index (χ2n) is 0.885. The Morgan fingerprint density at radius 3 is 1.50 bits per heavy atom. The summed E-state index contributed by atoms with van der Waals surface area (Å²) in [5.41, 5.74) is 2.86. The van der Waals surface area contributed by atoms with Gasteiger partial charge in [-0.1, -0.05) is 12.2 Å². The summed E-state index contributed by atoms with van der Waals surface area (Å²) in [6.45, 7) is 0. The molecule has 0 amide bonds. The van der Waals surface area contributed by atoms with Crippen molar-refractivity contribution in [1.29, 1.82) is 0 Å². The number of hydrogen-bond donors (Lipinski definition) is 0. The molecule has 0 fully saturated rings. The molecule has 1 rings (SSSR count). The quantitative estimate of drug-likeness (QED) is 0.395. The Bertz CT molecular complexity index is 109. The Balaban J connectivity index is -0.0000000167. The maximum Gasteiger partial charge on any atom is 2.00 e. The molecule has 50 valence electrons. The van der Waals surface area contributed by atoms with Gasteiger partial charge in [0.15, 0.2) is 0 Å². The molecule has 0 aromatic heterocycles. The van der Waals surface area contributed by atoms with Gasteiger partial charge in [-0.05, 0) is 12.2 Å². The van der Waals surface area contributed by atoms with Crippen LogP contribution in [0.3, 0.4) is 0 Å². The minimum absolute atomic E-state index is 0. The van der Waals surface area contributed by atoms with E-state index in [1.807, 2.05) is 24.3 Å². The van der Waals surface area contributed by atoms with Gasteiger partial charge in [0.05, 0.1) is 0 Å². The zero-order valence-corrected chi connectivity index (χ0v) is 7.97. The Hall–Kier alpha value is 0.476. The minimum atomic E-state index is 0. The van der Waals surface area contributed by atoms with Crippen LogP contribution in [0.15, 0.2) is 30.0 Å². The summed E-state index contributed by atoms with van der Waals surface area (Å²) in [7, 11) is 0. The Labute approximate surface area is 77.6 Å². The van der Waals surface area contributed by atoms with Crippen molar-refractivity contribution in [2.75, 3.05) is 0 Å². The van der Waals surface area contributed by atoms with Crippen LogP contribution in [0.5, 0.6) is 0 Å². The zero-order valence-electron chi connectivity index (χ0n) is 3.92. The molecule has 0 saturated heterocycles. The smallest absolute Gasteiger partial charge is 1.00 e. The molecule has 0 aromatic carbocycles. The van der Waals surface area contributed by atoms with Crippen molar-refractivity contribution in [1.82, 2.24) is 0 Å². The number of halogens is 2. The predicted octanol–water partition coefficient (Wildman–Crippen LogP) is -4.23. The molecule has 0 radical (unpaired) electrons. The molecular weight excluding hydrogens is 321 g/mol. The minimum Gasteiger partial charge on any atom is -1.00 e. The first-order valence-corrected chi connectivity index (χ1v) is 1.58. The SMILES string of the molecule is C1=CC=CC=1.[Cl-].[Cl-].[HH].[HH].[Os+2]. The van der Waals surface area contributed by atoms with Gasteiger partial charge in [0.25, 0.3) is 0 Å². The first-order chi connectivity index (χ1) is 2.50. The summed E-state index contributed by atoms with van der Waals surface area (Å²) < 4.78 is 0. The molecule has 0 nitrogen and oxygen atoms in total. The van der Waals surface area contributed by atoms with Crippen LogP contribution in [0.25, 0.3) is 0 Å². The van der Waals surface area contributed by atoms with Crippen LogP contribution in [0, 0.1) is 0 Å². The molecule has 0 unspecified atom stereocenters. The van der Waals surface area contributed by atoms with E-state index in [-0.39, 0.29) is 47.5 Å². The second kappa shape index (κ2) is 10.5. The van der Waals surface area contributed by atoms with Crippen molar-refractivity contribution >= 4 is 0 Å². The van der Waals surface area contributed by atoms with E-state index in [4.69, 9.17) is 0 Å². The van der Waals surface area contributed by atoms with E-state index in [2.05, 4.69) is 5.73 Å². The fourth-order valence-corrected chi connectivity index (χ4v) is 0.278. The maximum atomic E-state index is 2.86. The number of rotatable bonds is 0. The molecule has 1 aliphatic carbocycles. The summed E-state index contributed by atoms with van der Waals surface area (Å²) in [6.07, 6.45) is 7.64. The fourth-order valence-electron chi connectivity index (χ4n) is 0.278. The molecule has 0 N–H and O–H groups in total. The van der Waals surface area contributed by atoms with Gasteiger partial charge in [-0.2, -0.15) is 0 Å². The van der Waals surface area contributed by atoms with Gasteiger partial charge in [0, 0.05) is 2.85 Å². The van der Waals surface area contributed by atoms with Crippen LogP contribution < -0.4 is 24.8 Å². The monoisotopic (exact) mass is 330 g/mol. The summed E-state index contributed by atoms with van der Waals surface area (Å²) >= 11 is 0. The maximum absolute atomic E-state index is 2.86. The van der Waals surface area contributed by atoms with Crippen molar-refractivity contribution in [2.24, 2.45) is 0 Å². The average molecular weight is 329 g/mol. The molecule has 0 heterocycles. The van der Waals surface area contributed by atoms with E-state index < -0.39 is 0 Å². The van der Waals surface area contributed by atoms with Gasteiger partial charge >= 0.3 is 19.8 Å². The standard InChI is InChI=1S/C5H4.2ClH.Os.2H2/c1-2-4-5-3-1;;;;;/h1-4H;2*1H;;2*1H/q;;;+2;;/p-2. The van der Waals surface area contributed by atoms with Gasteiger partial charge in [-0.3, -0.25) is 0 Å². The van der Waals surface area contributed by atoms with E-state index in [0.717, 1.165) is 0 Å². The molecule has 0 saturated carbocycles. The molecule has 0 bridgehead atoms. The second-order valence-corrected chi connectivity index (χ2v) is 0.885. The molecule has 0 aliphatic heterocycles. The van der Waals surface area contributed by atoms with E-state index in [1.165, 1.54) is 0 Å². The summed E-state index contributed by atoms with van der Waals surface area (Å²) in [4.78, 5) is 0. The van der Waals surface area contributed by atoms with Crippen LogP contribution >= 0.6 is 0 Å². The van der Waals surface area contributed by atoms with Crippen molar-refractivity contribution in [3.05, 3.63) is 30.0 Å². The molecule has 8 heavy (non-hydrogen) atoms. The van der Waals surface area contributed by atoms with Crippen LogP contribution in [-0.2, 0) is 19.8 Å². The van der Waals surface area contributed by atoms with E-state index in [0.29, 0.717) is 0 Å². The van der Waals surface area contributed by atoms with Crippen LogP contribution in [0.4, 0.5) is 0 Å². The van der Waals surface area contributed by atoms with Gasteiger partial charge in [0.1, 0.15) is 0 Å². The molecular formula is C5H8Cl2Os. The third-order valence-electron chi connectivity index (χ3n) is 0.496. The Morgan fingerprint density at radius 2 is 1.38 bits per heavy atom. The van der Waals surface area contributed by atoms with Gasteiger partial charge in [-0.25, -0.2) is 0 Å². The molecule has 1 aliphatic rings. The van der Waals surface area contributed by atoms with Crippen molar-refractivity contribution in [3.8, 4) is 0 Å². The Morgan fingerprint density at radius 1 is 1.00 bits per heavy atom. The van der Waals surface area contributed by atoms with Crippen LogP contribution in [-0.4, -0.2) is 0 Å². The third kappa shape index (κ3) is 6.48. The molecule has 0 spiro atoms. The van der Waals surface area contributed by atoms with Crippen LogP contribution in [0.2, 0.25) is 0 Å². The van der Waals surface area contributed by atoms with E-state index in [1.54, 1.807) is 0 Å². The third-order valence-corrected chi connectivity index (χ3v) is 0.496. The Kier molecular flexibility index (Phi) is 20.6. The first kappa shape index (κ1) is 15.8. The predicted molar refractivity (Wildman–Crippen MR) is 26.0 cm³/mol. The summed E-state index contributed by atoms with van der Waals surface area (Å²) in [5.74, 6) is 0. The van der Waals surface area contributed by atoms with Crippen molar-refractivity contribution < 1.29 is 47.5 Å². The molecule has 3 heteroatoms. The van der Waals surface area contributed by atoms with Gasteiger partial charge in [0.2, 0.25) is 0 Å². The van der Waals surface area contributed by atoms with Gasteiger partial charge in [-0.15, -0.1) is 5.73 Å². The summed E-state index contributed by atoms with van der Waals surface area (Å²) in [5, 5.41) is 0. The largest absolute Gasteiger partial charge is 2.00 e. The fraction of sp³-hybridized carbons (Fsp3) is 0. The first-order valence-electron chi connectivity index (χ1n) is 1.58. The van der Waals surface area contributed by atoms with Crippen molar-refractivity contribution in [2.45, 2.75) is 0 Å². The number of hydrogen-bond acceptors (Lipinski definition) is 0. The number of allylic oxidation sites excluding steroid dienone is 3.